The summed E-state index contributed by atoms with van der Waals surface area (Å²) in [4.78, 5) is 11.3. The highest BCUT2D eigenvalue weighted by molar-refractivity contribution is 5.77. The number of rotatable bonds is 7. The van der Waals surface area contributed by atoms with Crippen LogP contribution in [0, 0.1) is 6.92 Å². The summed E-state index contributed by atoms with van der Waals surface area (Å²) in [5.74, 6) is -0.0531. The zero-order chi connectivity index (χ0) is 12.7. The van der Waals surface area contributed by atoms with Crippen molar-refractivity contribution in [2.24, 2.45) is 0 Å². The molecule has 1 amide bonds. The Morgan fingerprint density at radius 2 is 2.35 bits per heavy atom. The fraction of sp³-hybridized carbons (Fsp3) is 0.667. The van der Waals surface area contributed by atoms with Crippen molar-refractivity contribution in [3.63, 3.8) is 0 Å². The summed E-state index contributed by atoms with van der Waals surface area (Å²) in [6, 6.07) is 0. The Morgan fingerprint density at radius 3 is 2.94 bits per heavy atom. The number of hydrogen-bond acceptors (Lipinski definition) is 3. The molecule has 0 saturated carbocycles. The van der Waals surface area contributed by atoms with Gasteiger partial charge in [-0.25, -0.2) is 0 Å². The number of H-pyrrole nitrogens is 1. The fourth-order valence-corrected chi connectivity index (χ4v) is 1.43. The predicted octanol–water partition coefficient (Wildman–Crippen LogP) is 1.19. The van der Waals surface area contributed by atoms with Gasteiger partial charge in [-0.1, -0.05) is 0 Å². The molecule has 1 heterocycles. The molecule has 0 fully saturated rings. The van der Waals surface area contributed by atoms with Crippen LogP contribution >= 0.6 is 0 Å². The molecule has 0 aliphatic rings. The molecule has 1 rings (SSSR count). The highest BCUT2D eigenvalue weighted by Gasteiger charge is 2.03. The van der Waals surface area contributed by atoms with E-state index in [1.54, 1.807) is 0 Å². The second kappa shape index (κ2) is 7.06. The molecule has 0 aliphatic heterocycles. The Bertz CT molecular complexity index is 347. The van der Waals surface area contributed by atoms with Gasteiger partial charge >= 0.3 is 0 Å². The van der Waals surface area contributed by atoms with Gasteiger partial charge in [0.25, 0.3) is 0 Å². The number of aromatic amines is 1. The van der Waals surface area contributed by atoms with Crippen LogP contribution in [-0.2, 0) is 16.0 Å². The molecule has 0 unspecified atom stereocenters. The summed E-state index contributed by atoms with van der Waals surface area (Å²) in [6.45, 7) is 6.63. The summed E-state index contributed by atoms with van der Waals surface area (Å²) in [5.41, 5.74) is 2.30. The van der Waals surface area contributed by atoms with Gasteiger partial charge < -0.3 is 10.1 Å². The summed E-state index contributed by atoms with van der Waals surface area (Å²) in [5, 5.41) is 9.67. The van der Waals surface area contributed by atoms with Gasteiger partial charge in [-0.2, -0.15) is 5.10 Å². The van der Waals surface area contributed by atoms with Gasteiger partial charge in [-0.05, 0) is 39.2 Å². The van der Waals surface area contributed by atoms with Gasteiger partial charge in [0, 0.05) is 12.2 Å². The molecule has 0 saturated heterocycles. The molecule has 2 N–H and O–H groups in total. The predicted molar refractivity (Wildman–Crippen MR) is 65.7 cm³/mol. The molecular formula is C12H21N3O2. The zero-order valence-corrected chi connectivity index (χ0v) is 10.7. The molecule has 1 aromatic heterocycles. The number of ether oxygens (including phenoxy) is 1. The monoisotopic (exact) mass is 239 g/mol. The smallest absolute Gasteiger partial charge is 0.246 e. The average molecular weight is 239 g/mol. The van der Waals surface area contributed by atoms with E-state index in [2.05, 4.69) is 15.5 Å². The van der Waals surface area contributed by atoms with E-state index in [1.165, 1.54) is 5.56 Å². The number of nitrogens with one attached hydrogen (secondary N) is 2. The lowest BCUT2D eigenvalue weighted by atomic mass is 10.1. The number of carbonyl (C=O) groups excluding carboxylic acids is 1. The lowest BCUT2D eigenvalue weighted by Crippen LogP contribution is -2.29. The maximum absolute atomic E-state index is 11.3. The van der Waals surface area contributed by atoms with Gasteiger partial charge in [-0.3, -0.25) is 9.89 Å². The highest BCUT2D eigenvalue weighted by Crippen LogP contribution is 2.04. The van der Waals surface area contributed by atoms with Crippen LogP contribution in [0.15, 0.2) is 6.20 Å². The van der Waals surface area contributed by atoms with Crippen molar-refractivity contribution in [1.82, 2.24) is 15.5 Å². The third kappa shape index (κ3) is 5.49. The minimum atomic E-state index is -0.0531. The molecule has 0 bridgehead atoms. The number of amides is 1. The van der Waals surface area contributed by atoms with Crippen LogP contribution in [0.1, 0.15) is 31.5 Å². The summed E-state index contributed by atoms with van der Waals surface area (Å²) < 4.78 is 5.20. The van der Waals surface area contributed by atoms with Crippen LogP contribution in [0.3, 0.4) is 0 Å². The average Bonchev–Trinajstić information content (AvgIpc) is 2.68. The number of carbonyl (C=O) groups is 1. The molecule has 96 valence electrons. The molecule has 17 heavy (non-hydrogen) atoms. The third-order valence-electron chi connectivity index (χ3n) is 2.43. The van der Waals surface area contributed by atoms with Crippen LogP contribution in [0.2, 0.25) is 0 Å². The quantitative estimate of drug-likeness (QED) is 0.702. The van der Waals surface area contributed by atoms with Gasteiger partial charge in [0.2, 0.25) is 5.91 Å². The van der Waals surface area contributed by atoms with E-state index < -0.39 is 0 Å². The van der Waals surface area contributed by atoms with Crippen molar-refractivity contribution in [1.29, 1.82) is 0 Å². The van der Waals surface area contributed by atoms with E-state index in [1.807, 2.05) is 27.0 Å². The normalized spacial score (nSPS) is 10.8. The SMILES string of the molecule is Cc1[nH]ncc1CCCNC(=O)COC(C)C. The van der Waals surface area contributed by atoms with Crippen LogP contribution < -0.4 is 5.32 Å². The fourth-order valence-electron chi connectivity index (χ4n) is 1.43. The minimum absolute atomic E-state index is 0.0531. The van der Waals surface area contributed by atoms with Gasteiger partial charge in [-0.15, -0.1) is 0 Å². The maximum Gasteiger partial charge on any atom is 0.246 e. The topological polar surface area (TPSA) is 67.0 Å². The molecule has 5 heteroatoms. The number of nitrogens with zero attached hydrogens (tertiary/aromatic N) is 1. The Labute approximate surface area is 102 Å². The van der Waals surface area contributed by atoms with Crippen LogP contribution in [0.5, 0.6) is 0 Å². The number of aromatic nitrogens is 2. The number of hydrogen-bond donors (Lipinski definition) is 2. The van der Waals surface area contributed by atoms with Crippen molar-refractivity contribution < 1.29 is 9.53 Å². The lowest BCUT2D eigenvalue weighted by Gasteiger charge is -2.08. The van der Waals surface area contributed by atoms with Crippen molar-refractivity contribution in [2.45, 2.75) is 39.7 Å². The molecule has 0 spiro atoms. The van der Waals surface area contributed by atoms with Gasteiger partial charge in [0.05, 0.1) is 12.3 Å². The van der Waals surface area contributed by atoms with E-state index in [4.69, 9.17) is 4.74 Å². The van der Waals surface area contributed by atoms with Crippen molar-refractivity contribution in [2.75, 3.05) is 13.2 Å². The largest absolute Gasteiger partial charge is 0.369 e. The highest BCUT2D eigenvalue weighted by atomic mass is 16.5. The molecule has 0 atom stereocenters. The first kappa shape index (κ1) is 13.7. The van der Waals surface area contributed by atoms with E-state index in [0.717, 1.165) is 18.5 Å². The van der Waals surface area contributed by atoms with Crippen LogP contribution in [0.4, 0.5) is 0 Å². The number of aryl methyl sites for hydroxylation is 2. The molecule has 1 aromatic rings. The standard InChI is InChI=1S/C12H21N3O2/c1-9(2)17-8-12(16)13-6-4-5-11-7-14-15-10(11)3/h7,9H,4-6,8H2,1-3H3,(H,13,16)(H,14,15). The van der Waals surface area contributed by atoms with Crippen LogP contribution in [-0.4, -0.2) is 35.4 Å². The Hall–Kier alpha value is -1.36. The first-order valence-electron chi connectivity index (χ1n) is 5.96. The summed E-state index contributed by atoms with van der Waals surface area (Å²) >= 11 is 0. The van der Waals surface area contributed by atoms with Crippen molar-refractivity contribution in [3.05, 3.63) is 17.5 Å². The second-order valence-corrected chi connectivity index (χ2v) is 4.33. The van der Waals surface area contributed by atoms with E-state index in [-0.39, 0.29) is 18.6 Å². The van der Waals surface area contributed by atoms with Crippen molar-refractivity contribution in [3.8, 4) is 0 Å². The molecule has 0 aliphatic carbocycles. The van der Waals surface area contributed by atoms with E-state index >= 15 is 0 Å². The van der Waals surface area contributed by atoms with Crippen molar-refractivity contribution >= 4 is 5.91 Å². The van der Waals surface area contributed by atoms with Crippen LogP contribution in [0.25, 0.3) is 0 Å². The molecular weight excluding hydrogens is 218 g/mol. The van der Waals surface area contributed by atoms with Gasteiger partial charge in [0.1, 0.15) is 6.61 Å². The maximum atomic E-state index is 11.3. The molecule has 0 radical (unpaired) electrons. The Balaban J connectivity index is 2.08. The summed E-state index contributed by atoms with van der Waals surface area (Å²) in [6.07, 6.45) is 3.76. The molecule has 5 nitrogen and oxygen atoms in total. The first-order valence-corrected chi connectivity index (χ1v) is 5.96. The van der Waals surface area contributed by atoms with E-state index in [0.29, 0.717) is 6.54 Å². The zero-order valence-electron chi connectivity index (χ0n) is 10.7. The minimum Gasteiger partial charge on any atom is -0.369 e. The summed E-state index contributed by atoms with van der Waals surface area (Å²) in [7, 11) is 0. The lowest BCUT2D eigenvalue weighted by molar-refractivity contribution is -0.127. The Morgan fingerprint density at radius 1 is 1.59 bits per heavy atom. The van der Waals surface area contributed by atoms with E-state index in [9.17, 15) is 4.79 Å². The third-order valence-corrected chi connectivity index (χ3v) is 2.43. The second-order valence-electron chi connectivity index (χ2n) is 4.33. The van der Waals surface area contributed by atoms with Gasteiger partial charge in [0.15, 0.2) is 0 Å². The first-order chi connectivity index (χ1) is 8.09. The Kier molecular flexibility index (Phi) is 5.69. The molecule has 0 aromatic carbocycles.